The van der Waals surface area contributed by atoms with Gasteiger partial charge in [-0.1, -0.05) is 41.4 Å². The Balaban J connectivity index is 1.52. The molecule has 4 aromatic rings. The summed E-state index contributed by atoms with van der Waals surface area (Å²) in [5.41, 5.74) is 3.09. The van der Waals surface area contributed by atoms with Crippen LogP contribution in [0.2, 0.25) is 10.0 Å². The smallest absolute Gasteiger partial charge is 0.185 e. The fourth-order valence-electron chi connectivity index (χ4n) is 3.24. The largest absolute Gasteiger partial charge is 0.493 e. The molecule has 166 valence electrons. The maximum Gasteiger partial charge on any atom is 0.185 e. The first-order valence-electron chi connectivity index (χ1n) is 10.1. The SMILES string of the molecule is COc1cccc(/C=C/C(=O)c2ccc(-n3ccnc3)cc2)c1OCc1ccc(Cl)c(Cl)c1. The van der Waals surface area contributed by atoms with Crippen molar-refractivity contribution in [1.82, 2.24) is 9.55 Å². The molecule has 0 fully saturated rings. The molecular formula is C26H20Cl2N2O3. The van der Waals surface area contributed by atoms with E-state index >= 15 is 0 Å². The number of hydrogen-bond acceptors (Lipinski definition) is 4. The Kier molecular flexibility index (Phi) is 7.13. The van der Waals surface area contributed by atoms with Gasteiger partial charge < -0.3 is 14.0 Å². The second-order valence-corrected chi connectivity index (χ2v) is 7.94. The van der Waals surface area contributed by atoms with Crippen molar-refractivity contribution in [2.75, 3.05) is 7.11 Å². The van der Waals surface area contributed by atoms with E-state index in [4.69, 9.17) is 32.7 Å². The van der Waals surface area contributed by atoms with Crippen LogP contribution in [0, 0.1) is 0 Å². The zero-order chi connectivity index (χ0) is 23.2. The molecule has 0 bridgehead atoms. The summed E-state index contributed by atoms with van der Waals surface area (Å²) in [6.07, 6.45) is 8.50. The van der Waals surface area contributed by atoms with Crippen molar-refractivity contribution in [2.24, 2.45) is 0 Å². The number of allylic oxidation sites excluding steroid dienone is 1. The molecule has 0 amide bonds. The first-order valence-corrected chi connectivity index (χ1v) is 10.9. The highest BCUT2D eigenvalue weighted by molar-refractivity contribution is 6.42. The number of benzene rings is 3. The molecule has 0 N–H and O–H groups in total. The van der Waals surface area contributed by atoms with Crippen molar-refractivity contribution >= 4 is 35.1 Å². The van der Waals surface area contributed by atoms with Crippen LogP contribution >= 0.6 is 23.2 Å². The number of methoxy groups -OCH3 is 1. The Morgan fingerprint density at radius 1 is 1.06 bits per heavy atom. The molecule has 0 radical (unpaired) electrons. The lowest BCUT2D eigenvalue weighted by Gasteiger charge is -2.14. The molecule has 1 aromatic heterocycles. The molecule has 1 heterocycles. The summed E-state index contributed by atoms with van der Waals surface area (Å²) in [6, 6.07) is 18.2. The number of ketones is 1. The zero-order valence-electron chi connectivity index (χ0n) is 17.7. The van der Waals surface area contributed by atoms with Gasteiger partial charge in [0.15, 0.2) is 17.3 Å². The number of ether oxygens (including phenoxy) is 2. The van der Waals surface area contributed by atoms with Gasteiger partial charge in [0.25, 0.3) is 0 Å². The normalized spacial score (nSPS) is 11.0. The van der Waals surface area contributed by atoms with Crippen LogP contribution in [0.4, 0.5) is 0 Å². The average molecular weight is 479 g/mol. The van der Waals surface area contributed by atoms with E-state index in [1.165, 1.54) is 6.08 Å². The van der Waals surface area contributed by atoms with Gasteiger partial charge in [0.1, 0.15) is 6.61 Å². The number of halogens is 2. The van der Waals surface area contributed by atoms with E-state index in [-0.39, 0.29) is 12.4 Å². The van der Waals surface area contributed by atoms with E-state index in [2.05, 4.69) is 4.98 Å². The van der Waals surface area contributed by atoms with Crippen LogP contribution in [0.1, 0.15) is 21.5 Å². The van der Waals surface area contributed by atoms with E-state index in [0.29, 0.717) is 27.1 Å². The highest BCUT2D eigenvalue weighted by atomic mass is 35.5. The quantitative estimate of drug-likeness (QED) is 0.209. The summed E-state index contributed by atoms with van der Waals surface area (Å²) >= 11 is 12.1. The van der Waals surface area contributed by atoms with Crippen molar-refractivity contribution in [3.63, 3.8) is 0 Å². The number of para-hydroxylation sites is 1. The molecule has 4 rings (SSSR count). The van der Waals surface area contributed by atoms with Gasteiger partial charge in [-0.05, 0) is 60.2 Å². The van der Waals surface area contributed by atoms with E-state index in [1.807, 2.05) is 41.1 Å². The molecular weight excluding hydrogens is 459 g/mol. The molecule has 0 saturated carbocycles. The topological polar surface area (TPSA) is 53.4 Å². The predicted molar refractivity (Wildman–Crippen MR) is 131 cm³/mol. The van der Waals surface area contributed by atoms with Gasteiger partial charge in [0.05, 0.1) is 23.5 Å². The number of carbonyl (C=O) groups is 1. The fraction of sp³-hybridized carbons (Fsp3) is 0.0769. The number of carbonyl (C=O) groups excluding carboxylic acids is 1. The molecule has 33 heavy (non-hydrogen) atoms. The first kappa shape index (κ1) is 22.6. The Labute approximate surface area is 201 Å². The van der Waals surface area contributed by atoms with Crippen molar-refractivity contribution in [2.45, 2.75) is 6.61 Å². The number of imidazole rings is 1. The van der Waals surface area contributed by atoms with Gasteiger partial charge in [-0.2, -0.15) is 0 Å². The van der Waals surface area contributed by atoms with Crippen LogP contribution in [0.25, 0.3) is 11.8 Å². The molecule has 0 spiro atoms. The molecule has 0 aliphatic carbocycles. The summed E-state index contributed by atoms with van der Waals surface area (Å²) < 4.78 is 13.4. The summed E-state index contributed by atoms with van der Waals surface area (Å²) in [7, 11) is 1.57. The maximum absolute atomic E-state index is 12.7. The first-order chi connectivity index (χ1) is 16.0. The van der Waals surface area contributed by atoms with Gasteiger partial charge in [-0.25, -0.2) is 4.98 Å². The Hall–Kier alpha value is -3.54. The fourth-order valence-corrected chi connectivity index (χ4v) is 3.56. The van der Waals surface area contributed by atoms with Crippen LogP contribution in [0.3, 0.4) is 0 Å². The Morgan fingerprint density at radius 2 is 1.88 bits per heavy atom. The summed E-state index contributed by atoms with van der Waals surface area (Å²) in [4.78, 5) is 16.8. The third-order valence-electron chi connectivity index (χ3n) is 4.97. The number of rotatable bonds is 8. The van der Waals surface area contributed by atoms with E-state index in [9.17, 15) is 4.79 Å². The summed E-state index contributed by atoms with van der Waals surface area (Å²) in [6.45, 7) is 0.266. The molecule has 0 unspecified atom stereocenters. The van der Waals surface area contributed by atoms with Gasteiger partial charge in [0, 0.05) is 29.2 Å². The van der Waals surface area contributed by atoms with Crippen LogP contribution in [0.5, 0.6) is 11.5 Å². The van der Waals surface area contributed by atoms with Crippen LogP contribution < -0.4 is 9.47 Å². The average Bonchev–Trinajstić information content (AvgIpc) is 3.38. The maximum atomic E-state index is 12.7. The number of aromatic nitrogens is 2. The highest BCUT2D eigenvalue weighted by Gasteiger charge is 2.11. The van der Waals surface area contributed by atoms with Gasteiger partial charge in [0.2, 0.25) is 0 Å². The minimum absolute atomic E-state index is 0.120. The molecule has 0 aliphatic heterocycles. The molecule has 5 nitrogen and oxygen atoms in total. The molecule has 3 aromatic carbocycles. The number of hydrogen-bond donors (Lipinski definition) is 0. The lowest BCUT2D eigenvalue weighted by Crippen LogP contribution is -2.00. The minimum atomic E-state index is -0.120. The van der Waals surface area contributed by atoms with Gasteiger partial charge in [-0.15, -0.1) is 0 Å². The van der Waals surface area contributed by atoms with E-state index < -0.39 is 0 Å². The summed E-state index contributed by atoms with van der Waals surface area (Å²) in [5.74, 6) is 0.977. The van der Waals surface area contributed by atoms with Crippen molar-refractivity contribution in [1.29, 1.82) is 0 Å². The zero-order valence-corrected chi connectivity index (χ0v) is 19.3. The Bertz CT molecular complexity index is 1280. The number of nitrogens with zero attached hydrogens (tertiary/aromatic N) is 2. The predicted octanol–water partition coefficient (Wildman–Crippen LogP) is 6.66. The molecule has 0 atom stereocenters. The second kappa shape index (κ2) is 10.4. The Morgan fingerprint density at radius 3 is 2.58 bits per heavy atom. The highest BCUT2D eigenvalue weighted by Crippen LogP contribution is 2.33. The monoisotopic (exact) mass is 478 g/mol. The minimum Gasteiger partial charge on any atom is -0.493 e. The molecule has 0 saturated heterocycles. The van der Waals surface area contributed by atoms with Gasteiger partial charge in [-0.3, -0.25) is 4.79 Å². The standard InChI is InChI=1S/C26H20Cl2N2O3/c1-32-25-4-2-3-20(26(25)33-16-18-5-11-22(27)23(28)15-18)8-12-24(31)19-6-9-21(10-7-19)30-14-13-29-17-30/h2-15,17H,16H2,1H3/b12-8+. The van der Waals surface area contributed by atoms with E-state index in [1.54, 1.807) is 56.0 Å². The van der Waals surface area contributed by atoms with E-state index in [0.717, 1.165) is 16.8 Å². The van der Waals surface area contributed by atoms with Crippen LogP contribution in [0.15, 0.2) is 85.5 Å². The van der Waals surface area contributed by atoms with Crippen molar-refractivity contribution in [3.05, 3.63) is 112 Å². The van der Waals surface area contributed by atoms with Crippen molar-refractivity contribution < 1.29 is 14.3 Å². The third-order valence-corrected chi connectivity index (χ3v) is 5.70. The lowest BCUT2D eigenvalue weighted by atomic mass is 10.1. The lowest BCUT2D eigenvalue weighted by molar-refractivity contribution is 0.104. The molecule has 0 aliphatic rings. The summed E-state index contributed by atoms with van der Waals surface area (Å²) in [5, 5.41) is 0.945. The van der Waals surface area contributed by atoms with Gasteiger partial charge >= 0.3 is 0 Å². The molecule has 7 heteroatoms. The van der Waals surface area contributed by atoms with Crippen LogP contribution in [-0.4, -0.2) is 22.4 Å². The van der Waals surface area contributed by atoms with Crippen LogP contribution in [-0.2, 0) is 6.61 Å². The second-order valence-electron chi connectivity index (χ2n) is 7.13. The third kappa shape index (κ3) is 5.45. The van der Waals surface area contributed by atoms with Crippen molar-refractivity contribution in [3.8, 4) is 17.2 Å².